The second-order valence-corrected chi connectivity index (χ2v) is 10.4. The first-order valence-corrected chi connectivity index (χ1v) is 12.0. The molecule has 1 aliphatic heterocycles. The van der Waals surface area contributed by atoms with E-state index >= 15 is 0 Å². The molecule has 2 aliphatic rings. The lowest BCUT2D eigenvalue weighted by Crippen LogP contribution is -2.26. The molecule has 5 heterocycles. The predicted octanol–water partition coefficient (Wildman–Crippen LogP) is 4.81. The summed E-state index contributed by atoms with van der Waals surface area (Å²) in [6, 6.07) is 6.92. The normalized spacial score (nSPS) is 26.3. The molecule has 0 radical (unpaired) electrons. The van der Waals surface area contributed by atoms with E-state index in [-0.39, 0.29) is 11.7 Å². The van der Waals surface area contributed by atoms with Crippen LogP contribution in [0.3, 0.4) is 0 Å². The van der Waals surface area contributed by atoms with E-state index in [1.807, 2.05) is 13.2 Å². The molecular formula is C26H32N6O. The van der Waals surface area contributed by atoms with Crippen LogP contribution in [0.2, 0.25) is 0 Å². The number of rotatable bonds is 5. The van der Waals surface area contributed by atoms with Gasteiger partial charge in [-0.1, -0.05) is 0 Å². The molecule has 4 aromatic heterocycles. The number of anilines is 1. The van der Waals surface area contributed by atoms with Crippen molar-refractivity contribution in [1.29, 1.82) is 0 Å². The van der Waals surface area contributed by atoms with Crippen molar-refractivity contribution in [3.63, 3.8) is 0 Å². The summed E-state index contributed by atoms with van der Waals surface area (Å²) in [4.78, 5) is 13.6. The van der Waals surface area contributed by atoms with Gasteiger partial charge in [-0.3, -0.25) is 0 Å². The highest BCUT2D eigenvalue weighted by Gasteiger charge is 2.53. The van der Waals surface area contributed by atoms with E-state index in [4.69, 9.17) is 4.74 Å². The van der Waals surface area contributed by atoms with E-state index in [0.717, 1.165) is 41.8 Å². The topological polar surface area (TPSA) is 69.3 Å². The molecule has 4 atom stereocenters. The zero-order valence-electron chi connectivity index (χ0n) is 19.8. The van der Waals surface area contributed by atoms with Crippen LogP contribution in [0.15, 0.2) is 43.1 Å². The van der Waals surface area contributed by atoms with Crippen LogP contribution in [0.5, 0.6) is 0 Å². The minimum atomic E-state index is -0.0768. The van der Waals surface area contributed by atoms with Crippen molar-refractivity contribution in [3.8, 4) is 0 Å². The first-order valence-electron chi connectivity index (χ1n) is 12.0. The number of imidazole rings is 1. The Morgan fingerprint density at radius 1 is 1.18 bits per heavy atom. The lowest BCUT2D eigenvalue weighted by Gasteiger charge is -2.25. The lowest BCUT2D eigenvalue weighted by atomic mass is 9.84. The number of aryl methyl sites for hydroxylation is 2. The molecule has 172 valence electrons. The molecule has 0 unspecified atom stereocenters. The van der Waals surface area contributed by atoms with Crippen molar-refractivity contribution < 1.29 is 4.74 Å². The van der Waals surface area contributed by atoms with Gasteiger partial charge in [-0.05, 0) is 82.1 Å². The second kappa shape index (κ2) is 7.55. The number of pyridine rings is 1. The van der Waals surface area contributed by atoms with Crippen molar-refractivity contribution in [3.05, 3.63) is 54.4 Å². The number of ether oxygens (including phenoxy) is 1. The van der Waals surface area contributed by atoms with Crippen LogP contribution < -0.4 is 5.32 Å². The number of nitrogens with zero attached hydrogens (tertiary/aromatic N) is 5. The van der Waals surface area contributed by atoms with E-state index in [2.05, 4.69) is 80.6 Å². The number of aromatic nitrogens is 5. The molecule has 4 aromatic rings. The highest BCUT2D eigenvalue weighted by atomic mass is 16.5. The second-order valence-electron chi connectivity index (χ2n) is 10.4. The van der Waals surface area contributed by atoms with Crippen molar-refractivity contribution in [2.45, 2.75) is 64.2 Å². The van der Waals surface area contributed by atoms with Crippen LogP contribution in [-0.4, -0.2) is 42.7 Å². The maximum absolute atomic E-state index is 6.66. The summed E-state index contributed by atoms with van der Waals surface area (Å²) in [7, 11) is 1.91. The highest BCUT2D eigenvalue weighted by Crippen LogP contribution is 2.53. The van der Waals surface area contributed by atoms with Crippen LogP contribution in [0.25, 0.3) is 16.7 Å². The number of hydrogen-bond donors (Lipinski definition) is 1. The van der Waals surface area contributed by atoms with Gasteiger partial charge in [0.05, 0.1) is 23.1 Å². The molecular weight excluding hydrogens is 412 g/mol. The summed E-state index contributed by atoms with van der Waals surface area (Å²) in [5, 5.41) is 4.26. The van der Waals surface area contributed by atoms with E-state index in [0.29, 0.717) is 17.9 Å². The first kappa shape index (κ1) is 20.7. The Labute approximate surface area is 194 Å². The van der Waals surface area contributed by atoms with Crippen LogP contribution in [0, 0.1) is 18.8 Å². The molecule has 1 saturated heterocycles. The van der Waals surface area contributed by atoms with Gasteiger partial charge in [-0.15, -0.1) is 0 Å². The fourth-order valence-corrected chi connectivity index (χ4v) is 6.30. The number of hydrogen-bond acceptors (Lipinski definition) is 5. The van der Waals surface area contributed by atoms with Crippen LogP contribution in [0.4, 0.5) is 5.82 Å². The summed E-state index contributed by atoms with van der Waals surface area (Å²) in [5.41, 5.74) is 4.49. The van der Waals surface area contributed by atoms with Gasteiger partial charge >= 0.3 is 0 Å². The Hall–Kier alpha value is -2.93. The minimum Gasteiger partial charge on any atom is -0.372 e. The summed E-state index contributed by atoms with van der Waals surface area (Å²) in [6.45, 7) is 6.57. The monoisotopic (exact) mass is 444 g/mol. The Balaban J connectivity index is 1.28. The third-order valence-electron chi connectivity index (χ3n) is 7.80. The SMILES string of the molecule is CNc1ncnc2c1ccn2[C@@H]1C[C@H](CCc2ccn3c(C)cnc3c2)[C@H]2CC(C)(C)O[C@H]21. The zero-order valence-corrected chi connectivity index (χ0v) is 19.8. The zero-order chi connectivity index (χ0) is 22.7. The molecule has 6 rings (SSSR count). The molecule has 0 bridgehead atoms. The molecule has 2 fully saturated rings. The van der Waals surface area contributed by atoms with Crippen LogP contribution in [-0.2, 0) is 11.2 Å². The largest absolute Gasteiger partial charge is 0.372 e. The van der Waals surface area contributed by atoms with Gasteiger partial charge < -0.3 is 19.0 Å². The van der Waals surface area contributed by atoms with Crippen molar-refractivity contribution in [1.82, 2.24) is 23.9 Å². The molecule has 0 spiro atoms. The van der Waals surface area contributed by atoms with Gasteiger partial charge in [0.25, 0.3) is 0 Å². The first-order chi connectivity index (χ1) is 15.9. The third-order valence-corrected chi connectivity index (χ3v) is 7.80. The fourth-order valence-electron chi connectivity index (χ4n) is 6.30. The minimum absolute atomic E-state index is 0.0768. The van der Waals surface area contributed by atoms with E-state index < -0.39 is 0 Å². The van der Waals surface area contributed by atoms with Crippen molar-refractivity contribution in [2.24, 2.45) is 11.8 Å². The van der Waals surface area contributed by atoms with Gasteiger partial charge in [0.1, 0.15) is 23.4 Å². The number of nitrogens with one attached hydrogen (secondary N) is 1. The van der Waals surface area contributed by atoms with Gasteiger partial charge in [0, 0.05) is 31.3 Å². The molecule has 1 aliphatic carbocycles. The quantitative estimate of drug-likeness (QED) is 0.479. The van der Waals surface area contributed by atoms with Gasteiger partial charge in [-0.25, -0.2) is 15.0 Å². The average Bonchev–Trinajstić information content (AvgIpc) is 3.54. The molecule has 1 N–H and O–H groups in total. The maximum atomic E-state index is 6.66. The molecule has 7 nitrogen and oxygen atoms in total. The van der Waals surface area contributed by atoms with E-state index in [1.165, 1.54) is 17.7 Å². The summed E-state index contributed by atoms with van der Waals surface area (Å²) in [5.74, 6) is 2.08. The lowest BCUT2D eigenvalue weighted by molar-refractivity contribution is -0.0346. The molecule has 7 heteroatoms. The molecule has 0 amide bonds. The Morgan fingerprint density at radius 2 is 2.06 bits per heavy atom. The van der Waals surface area contributed by atoms with Crippen LogP contribution >= 0.6 is 0 Å². The highest BCUT2D eigenvalue weighted by molar-refractivity contribution is 5.87. The van der Waals surface area contributed by atoms with Gasteiger partial charge in [0.15, 0.2) is 0 Å². The van der Waals surface area contributed by atoms with E-state index in [9.17, 15) is 0 Å². The molecule has 1 saturated carbocycles. The smallest absolute Gasteiger partial charge is 0.145 e. The van der Waals surface area contributed by atoms with Crippen molar-refractivity contribution in [2.75, 3.05) is 12.4 Å². The predicted molar refractivity (Wildman–Crippen MR) is 130 cm³/mol. The van der Waals surface area contributed by atoms with Gasteiger partial charge in [0.2, 0.25) is 0 Å². The average molecular weight is 445 g/mol. The number of fused-ring (bicyclic) bond motifs is 3. The summed E-state index contributed by atoms with van der Waals surface area (Å²) in [6.07, 6.45) is 12.6. The fraction of sp³-hybridized carbons (Fsp3) is 0.500. The standard InChI is InChI=1S/C26H32N6O/c1-16-14-28-22-11-17(7-9-31(16)22)5-6-18-12-21(23-20(18)13-26(2,3)33-23)32-10-8-19-24(27-4)29-15-30-25(19)32/h7-11,14-15,18,20-21,23H,5-6,12-13H2,1-4H3,(H,27,29,30)/t18-,20+,21+,23+/m0/s1. The van der Waals surface area contributed by atoms with E-state index in [1.54, 1.807) is 6.33 Å². The van der Waals surface area contributed by atoms with Gasteiger partial charge in [-0.2, -0.15) is 0 Å². The maximum Gasteiger partial charge on any atom is 0.145 e. The third kappa shape index (κ3) is 3.41. The summed E-state index contributed by atoms with van der Waals surface area (Å²) >= 11 is 0. The Morgan fingerprint density at radius 3 is 2.91 bits per heavy atom. The molecule has 0 aromatic carbocycles. The Kier molecular flexibility index (Phi) is 4.73. The van der Waals surface area contributed by atoms with Crippen molar-refractivity contribution >= 4 is 22.5 Å². The molecule has 33 heavy (non-hydrogen) atoms. The summed E-state index contributed by atoms with van der Waals surface area (Å²) < 4.78 is 11.2. The Bertz CT molecular complexity index is 1320. The van der Waals surface area contributed by atoms with Crippen LogP contribution in [0.1, 0.15) is 50.4 Å².